The Labute approximate surface area is 166 Å². The van der Waals surface area contributed by atoms with E-state index in [0.717, 1.165) is 51.2 Å². The Morgan fingerprint density at radius 1 is 1.27 bits per heavy atom. The number of guanidine groups is 1. The molecule has 0 aromatic heterocycles. The van der Waals surface area contributed by atoms with Crippen molar-refractivity contribution in [3.8, 4) is 0 Å². The van der Waals surface area contributed by atoms with Crippen LogP contribution in [0.5, 0.6) is 0 Å². The third-order valence-corrected chi connectivity index (χ3v) is 6.72. The van der Waals surface area contributed by atoms with Crippen LogP contribution in [0.4, 0.5) is 0 Å². The minimum Gasteiger partial charge on any atom is -0.389 e. The summed E-state index contributed by atoms with van der Waals surface area (Å²) in [6.45, 7) is 3.93. The van der Waals surface area contributed by atoms with Crippen molar-refractivity contribution in [1.29, 1.82) is 0 Å². The lowest BCUT2D eigenvalue weighted by Crippen LogP contribution is -2.49. The minimum absolute atomic E-state index is 0. The second-order valence-corrected chi connectivity index (χ2v) is 7.99. The molecule has 0 bridgehead atoms. The second kappa shape index (κ2) is 7.69. The van der Waals surface area contributed by atoms with Crippen molar-refractivity contribution in [2.24, 2.45) is 21.4 Å². The summed E-state index contributed by atoms with van der Waals surface area (Å²) in [7, 11) is 0. The van der Waals surface area contributed by atoms with Gasteiger partial charge in [-0.1, -0.05) is 37.3 Å². The number of nitrogens with zero attached hydrogens (tertiary/aromatic N) is 2. The number of hydrogen-bond acceptors (Lipinski definition) is 5. The van der Waals surface area contributed by atoms with Gasteiger partial charge in [-0.2, -0.15) is 5.10 Å². The van der Waals surface area contributed by atoms with Gasteiger partial charge in [0.2, 0.25) is 5.96 Å². The average molecular weight is 421 g/mol. The fourth-order valence-electron chi connectivity index (χ4n) is 4.99. The van der Waals surface area contributed by atoms with Crippen molar-refractivity contribution in [3.05, 3.63) is 35.9 Å². The predicted molar refractivity (Wildman–Crippen MR) is 111 cm³/mol. The van der Waals surface area contributed by atoms with Gasteiger partial charge in [0.1, 0.15) is 0 Å². The lowest BCUT2D eigenvalue weighted by atomic mass is 9.59. The van der Waals surface area contributed by atoms with E-state index in [0.29, 0.717) is 11.8 Å². The molecule has 5 nitrogen and oxygen atoms in total. The van der Waals surface area contributed by atoms with Gasteiger partial charge in [0, 0.05) is 24.1 Å². The molecule has 1 heterocycles. The van der Waals surface area contributed by atoms with E-state index in [1.165, 1.54) is 5.56 Å². The topological polar surface area (TPSA) is 69.0 Å². The third-order valence-electron chi connectivity index (χ3n) is 6.72. The highest BCUT2D eigenvalue weighted by atomic mass is 79.9. The number of aliphatic imine (C=N–C) groups is 1. The summed E-state index contributed by atoms with van der Waals surface area (Å²) in [5.74, 6) is 1.52. The quantitative estimate of drug-likeness (QED) is 0.519. The van der Waals surface area contributed by atoms with Crippen LogP contribution >= 0.6 is 17.0 Å². The first-order valence-corrected chi connectivity index (χ1v) is 9.46. The number of rotatable bonds is 3. The van der Waals surface area contributed by atoms with E-state index >= 15 is 0 Å². The fraction of sp³-hybridized carbons (Fsp3) is 0.600. The Morgan fingerprint density at radius 3 is 2.81 bits per heavy atom. The van der Waals surface area contributed by atoms with Crippen molar-refractivity contribution in [1.82, 2.24) is 10.7 Å². The fourth-order valence-corrected chi connectivity index (χ4v) is 4.99. The smallest absolute Gasteiger partial charge is 0.212 e. The van der Waals surface area contributed by atoms with E-state index in [2.05, 4.69) is 58.1 Å². The average Bonchev–Trinajstić information content (AvgIpc) is 3.23. The van der Waals surface area contributed by atoms with Crippen LogP contribution in [-0.2, 0) is 0 Å². The van der Waals surface area contributed by atoms with E-state index in [1.54, 1.807) is 0 Å². The maximum absolute atomic E-state index is 11.5. The van der Waals surface area contributed by atoms with E-state index in [4.69, 9.17) is 0 Å². The largest absolute Gasteiger partial charge is 0.389 e. The summed E-state index contributed by atoms with van der Waals surface area (Å²) in [4.78, 5) is 4.29. The summed E-state index contributed by atoms with van der Waals surface area (Å²) in [6, 6.07) is 10.7. The molecule has 4 rings (SSSR count). The van der Waals surface area contributed by atoms with Crippen molar-refractivity contribution in [3.63, 3.8) is 0 Å². The van der Waals surface area contributed by atoms with Gasteiger partial charge in [-0.3, -0.25) is 0 Å². The van der Waals surface area contributed by atoms with Gasteiger partial charge < -0.3 is 10.4 Å². The number of benzene rings is 1. The molecule has 1 aromatic carbocycles. The van der Waals surface area contributed by atoms with Crippen molar-refractivity contribution >= 4 is 29.2 Å². The maximum Gasteiger partial charge on any atom is 0.212 e. The molecule has 0 spiro atoms. The molecule has 0 saturated heterocycles. The van der Waals surface area contributed by atoms with Gasteiger partial charge in [0.25, 0.3) is 0 Å². The number of nitrogens with one attached hydrogen (secondary N) is 2. The summed E-state index contributed by atoms with van der Waals surface area (Å²) >= 11 is 0. The molecular weight excluding hydrogens is 392 g/mol. The second-order valence-electron chi connectivity index (χ2n) is 7.99. The highest BCUT2D eigenvalue weighted by Gasteiger charge is 2.58. The zero-order valence-electron chi connectivity index (χ0n) is 15.3. The third kappa shape index (κ3) is 3.41. The first-order chi connectivity index (χ1) is 12.1. The van der Waals surface area contributed by atoms with Crippen LogP contribution in [-0.4, -0.2) is 36.0 Å². The highest BCUT2D eigenvalue weighted by molar-refractivity contribution is 8.93. The molecule has 26 heavy (non-hydrogen) atoms. The van der Waals surface area contributed by atoms with Crippen LogP contribution in [0.1, 0.15) is 50.5 Å². The van der Waals surface area contributed by atoms with Gasteiger partial charge in [0.05, 0.1) is 12.1 Å². The summed E-state index contributed by atoms with van der Waals surface area (Å²) in [5, 5.41) is 19.0. The van der Waals surface area contributed by atoms with Gasteiger partial charge in [-0.25, -0.2) is 10.4 Å². The lowest BCUT2D eigenvalue weighted by molar-refractivity contribution is -0.0957. The Kier molecular flexibility index (Phi) is 5.72. The Hall–Kier alpha value is -1.40. The number of hydrogen-bond donors (Lipinski definition) is 3. The Morgan fingerprint density at radius 2 is 2.08 bits per heavy atom. The van der Waals surface area contributed by atoms with Crippen LogP contribution in [0.2, 0.25) is 0 Å². The molecule has 0 radical (unpaired) electrons. The van der Waals surface area contributed by atoms with Crippen LogP contribution in [0.15, 0.2) is 40.4 Å². The molecule has 3 N–H and O–H groups in total. The van der Waals surface area contributed by atoms with E-state index < -0.39 is 5.60 Å². The number of fused-ring (bicyclic) bond motifs is 1. The first-order valence-electron chi connectivity index (χ1n) is 9.46. The van der Waals surface area contributed by atoms with Gasteiger partial charge in [-0.15, -0.1) is 17.0 Å². The zero-order chi connectivity index (χ0) is 17.3. The summed E-state index contributed by atoms with van der Waals surface area (Å²) in [6.07, 6.45) is 6.90. The maximum atomic E-state index is 11.5. The Bertz CT molecular complexity index is 680. The van der Waals surface area contributed by atoms with E-state index in [-0.39, 0.29) is 22.4 Å². The zero-order valence-corrected chi connectivity index (χ0v) is 17.0. The van der Waals surface area contributed by atoms with Crippen molar-refractivity contribution in [2.75, 3.05) is 13.1 Å². The molecule has 0 amide bonds. The number of hydrazone groups is 1. The Balaban J connectivity index is 0.00000196. The predicted octanol–water partition coefficient (Wildman–Crippen LogP) is 3.21. The highest BCUT2D eigenvalue weighted by Crippen LogP contribution is 2.60. The van der Waals surface area contributed by atoms with Crippen LogP contribution in [0.25, 0.3) is 0 Å². The van der Waals surface area contributed by atoms with E-state index in [1.807, 2.05) is 6.21 Å². The molecule has 142 valence electrons. The molecular formula is C20H29BrN4O. The molecule has 2 saturated carbocycles. The van der Waals surface area contributed by atoms with Crippen molar-refractivity contribution in [2.45, 2.75) is 50.5 Å². The van der Waals surface area contributed by atoms with Crippen LogP contribution < -0.4 is 10.7 Å². The first kappa shape index (κ1) is 19.4. The molecule has 1 aromatic rings. The minimum atomic E-state index is -0.592. The van der Waals surface area contributed by atoms with Crippen LogP contribution in [0, 0.1) is 11.3 Å². The lowest BCUT2D eigenvalue weighted by Gasteiger charge is -2.49. The van der Waals surface area contributed by atoms with E-state index in [9.17, 15) is 5.11 Å². The molecule has 6 heteroatoms. The van der Waals surface area contributed by atoms with Gasteiger partial charge >= 0.3 is 0 Å². The normalized spacial score (nSPS) is 36.2. The summed E-state index contributed by atoms with van der Waals surface area (Å²) < 4.78 is 0. The van der Waals surface area contributed by atoms with Crippen molar-refractivity contribution < 1.29 is 5.11 Å². The molecule has 2 aliphatic carbocycles. The molecule has 3 aliphatic rings. The SMILES string of the molecule is Br.C[C@]12CC[C@H](c3ccccc3)C[C@@]1(O)CC[C@@H]2C=NNC1=NCCN1. The van der Waals surface area contributed by atoms with Crippen LogP contribution in [0.3, 0.4) is 0 Å². The number of halogens is 1. The molecule has 1 aliphatic heterocycles. The molecule has 0 unspecified atom stereocenters. The van der Waals surface area contributed by atoms with Gasteiger partial charge in [-0.05, 0) is 43.6 Å². The molecule has 2 fully saturated rings. The number of aliphatic hydroxyl groups is 1. The standard InChI is InChI=1S/C20H28N4O.BrH/c1-19-9-7-16(15-5-3-2-4-6-15)13-20(19,25)10-8-17(19)14-23-24-18-21-11-12-22-18;/h2-6,14,16-17,25H,7-13H2,1H3,(H2,21,22,24);1H/t16-,17+,19+,20-;/m0./s1. The van der Waals surface area contributed by atoms with Gasteiger partial charge in [0.15, 0.2) is 0 Å². The monoisotopic (exact) mass is 420 g/mol. The molecule has 4 atom stereocenters. The summed E-state index contributed by atoms with van der Waals surface area (Å²) in [5.41, 5.74) is 3.68.